The third-order valence-electron chi connectivity index (χ3n) is 3.10. The van der Waals surface area contributed by atoms with E-state index < -0.39 is 0 Å². The van der Waals surface area contributed by atoms with Crippen LogP contribution in [-0.2, 0) is 6.42 Å². The molecule has 100 valence electrons. The molecule has 0 amide bonds. The van der Waals surface area contributed by atoms with Crippen molar-refractivity contribution < 1.29 is 0 Å². The number of hydrogen-bond donors (Lipinski definition) is 1. The first-order valence-electron chi connectivity index (χ1n) is 6.43. The minimum absolute atomic E-state index is 0.344. The predicted molar refractivity (Wildman–Crippen MR) is 88.4 cm³/mol. The summed E-state index contributed by atoms with van der Waals surface area (Å²) in [5, 5.41) is 3.56. The maximum Gasteiger partial charge on any atom is 0.0361 e. The van der Waals surface area contributed by atoms with Crippen LogP contribution in [0.2, 0.25) is 0 Å². The Hall–Kier alpha value is -0.640. The highest BCUT2D eigenvalue weighted by atomic mass is 79.9. The van der Waals surface area contributed by atoms with Crippen LogP contribution in [0.5, 0.6) is 0 Å². The fraction of sp³-hybridized carbons (Fsp3) is 0.250. The number of halogens is 2. The number of rotatable bonds is 5. The van der Waals surface area contributed by atoms with Crippen molar-refractivity contribution in [2.24, 2.45) is 0 Å². The lowest BCUT2D eigenvalue weighted by Gasteiger charge is -2.19. The molecule has 0 spiro atoms. The standard InChI is InChI=1S/C16H17Br2N/c1-2-19-16(12-7-9-14(17)10-8-12)11-13-5-3-4-6-15(13)18/h3-10,16,19H,2,11H2,1H3. The summed E-state index contributed by atoms with van der Waals surface area (Å²) in [7, 11) is 0. The molecular weight excluding hydrogens is 366 g/mol. The van der Waals surface area contributed by atoms with Crippen LogP contribution in [0.3, 0.4) is 0 Å². The van der Waals surface area contributed by atoms with Crippen LogP contribution in [0, 0.1) is 0 Å². The smallest absolute Gasteiger partial charge is 0.0361 e. The first-order chi connectivity index (χ1) is 9.20. The van der Waals surface area contributed by atoms with Crippen LogP contribution >= 0.6 is 31.9 Å². The van der Waals surface area contributed by atoms with Gasteiger partial charge in [0.2, 0.25) is 0 Å². The molecule has 0 saturated heterocycles. The molecular formula is C16H17Br2N. The minimum atomic E-state index is 0.344. The van der Waals surface area contributed by atoms with Crippen LogP contribution in [0.15, 0.2) is 57.5 Å². The summed E-state index contributed by atoms with van der Waals surface area (Å²) in [6, 6.07) is 17.3. The van der Waals surface area contributed by atoms with Gasteiger partial charge < -0.3 is 5.32 Å². The van der Waals surface area contributed by atoms with E-state index in [0.717, 1.165) is 17.4 Å². The lowest BCUT2D eigenvalue weighted by Crippen LogP contribution is -2.23. The second kappa shape index (κ2) is 7.22. The normalized spacial score (nSPS) is 12.4. The lowest BCUT2D eigenvalue weighted by molar-refractivity contribution is 0.549. The largest absolute Gasteiger partial charge is 0.310 e. The summed E-state index contributed by atoms with van der Waals surface area (Å²) in [5.41, 5.74) is 2.65. The zero-order chi connectivity index (χ0) is 13.7. The maximum absolute atomic E-state index is 3.62. The molecule has 1 nitrogen and oxygen atoms in total. The molecule has 0 fully saturated rings. The summed E-state index contributed by atoms with van der Waals surface area (Å²) in [4.78, 5) is 0. The van der Waals surface area contributed by atoms with Gasteiger partial charge in [-0.05, 0) is 42.3 Å². The van der Waals surface area contributed by atoms with Gasteiger partial charge in [-0.15, -0.1) is 0 Å². The van der Waals surface area contributed by atoms with Crippen molar-refractivity contribution in [3.63, 3.8) is 0 Å². The Morgan fingerprint density at radius 3 is 2.32 bits per heavy atom. The molecule has 0 aromatic heterocycles. The van der Waals surface area contributed by atoms with Crippen molar-refractivity contribution in [1.29, 1.82) is 0 Å². The summed E-state index contributed by atoms with van der Waals surface area (Å²) in [6.07, 6.45) is 0.983. The Balaban J connectivity index is 2.21. The Morgan fingerprint density at radius 2 is 1.68 bits per heavy atom. The van der Waals surface area contributed by atoms with E-state index in [4.69, 9.17) is 0 Å². The molecule has 1 atom stereocenters. The van der Waals surface area contributed by atoms with Gasteiger partial charge in [-0.3, -0.25) is 0 Å². The summed E-state index contributed by atoms with van der Waals surface area (Å²) in [6.45, 7) is 3.11. The SMILES string of the molecule is CCNC(Cc1ccccc1Br)c1ccc(Br)cc1. The first kappa shape index (κ1) is 14.8. The van der Waals surface area contributed by atoms with Gasteiger partial charge in [0.25, 0.3) is 0 Å². The molecule has 2 aromatic rings. The molecule has 0 bridgehead atoms. The average Bonchev–Trinajstić information content (AvgIpc) is 2.42. The van der Waals surface area contributed by atoms with Gasteiger partial charge in [-0.2, -0.15) is 0 Å². The van der Waals surface area contributed by atoms with E-state index in [1.807, 2.05) is 0 Å². The number of likely N-dealkylation sites (N-methyl/N-ethyl adjacent to an activating group) is 1. The number of hydrogen-bond acceptors (Lipinski definition) is 1. The van der Waals surface area contributed by atoms with E-state index in [2.05, 4.69) is 92.6 Å². The minimum Gasteiger partial charge on any atom is -0.310 e. The monoisotopic (exact) mass is 381 g/mol. The molecule has 0 heterocycles. The van der Waals surface area contributed by atoms with Crippen molar-refractivity contribution in [3.8, 4) is 0 Å². The van der Waals surface area contributed by atoms with Crippen LogP contribution in [-0.4, -0.2) is 6.54 Å². The van der Waals surface area contributed by atoms with E-state index in [1.54, 1.807) is 0 Å². The summed E-state index contributed by atoms with van der Waals surface area (Å²) < 4.78 is 2.29. The topological polar surface area (TPSA) is 12.0 Å². The molecule has 0 aliphatic heterocycles. The van der Waals surface area contributed by atoms with E-state index in [0.29, 0.717) is 6.04 Å². The van der Waals surface area contributed by atoms with E-state index >= 15 is 0 Å². The molecule has 3 heteroatoms. The molecule has 2 aromatic carbocycles. The molecule has 0 aliphatic carbocycles. The highest BCUT2D eigenvalue weighted by Gasteiger charge is 2.12. The van der Waals surface area contributed by atoms with Gasteiger partial charge >= 0.3 is 0 Å². The van der Waals surface area contributed by atoms with Gasteiger partial charge in [-0.25, -0.2) is 0 Å². The fourth-order valence-corrected chi connectivity index (χ4v) is 2.84. The number of benzene rings is 2. The molecule has 0 saturated carbocycles. The summed E-state index contributed by atoms with van der Waals surface area (Å²) >= 11 is 7.11. The van der Waals surface area contributed by atoms with Gasteiger partial charge in [0, 0.05) is 15.0 Å². The van der Waals surface area contributed by atoms with E-state index in [9.17, 15) is 0 Å². The average molecular weight is 383 g/mol. The quantitative estimate of drug-likeness (QED) is 0.757. The molecule has 0 aliphatic rings. The third-order valence-corrected chi connectivity index (χ3v) is 4.41. The summed E-state index contributed by atoms with van der Waals surface area (Å²) in [5.74, 6) is 0. The molecule has 1 unspecified atom stereocenters. The molecule has 19 heavy (non-hydrogen) atoms. The second-order valence-corrected chi connectivity index (χ2v) is 6.23. The van der Waals surface area contributed by atoms with Crippen LogP contribution in [0.1, 0.15) is 24.1 Å². The molecule has 0 radical (unpaired) electrons. The third kappa shape index (κ3) is 4.16. The number of nitrogens with one attached hydrogen (secondary N) is 1. The Morgan fingerprint density at radius 1 is 1.00 bits per heavy atom. The highest BCUT2D eigenvalue weighted by molar-refractivity contribution is 9.10. The van der Waals surface area contributed by atoms with Gasteiger partial charge in [0.1, 0.15) is 0 Å². The fourth-order valence-electron chi connectivity index (χ4n) is 2.13. The lowest BCUT2D eigenvalue weighted by atomic mass is 9.99. The van der Waals surface area contributed by atoms with Crippen LogP contribution < -0.4 is 5.32 Å². The Bertz CT molecular complexity index is 523. The van der Waals surface area contributed by atoms with Gasteiger partial charge in [0.05, 0.1) is 0 Å². The zero-order valence-electron chi connectivity index (χ0n) is 10.9. The van der Waals surface area contributed by atoms with Crippen LogP contribution in [0.25, 0.3) is 0 Å². The Labute approximate surface area is 131 Å². The van der Waals surface area contributed by atoms with E-state index in [1.165, 1.54) is 15.6 Å². The first-order valence-corrected chi connectivity index (χ1v) is 8.01. The highest BCUT2D eigenvalue weighted by Crippen LogP contribution is 2.24. The van der Waals surface area contributed by atoms with Crippen molar-refractivity contribution in [1.82, 2.24) is 5.32 Å². The Kier molecular flexibility index (Phi) is 5.61. The van der Waals surface area contributed by atoms with Crippen LogP contribution in [0.4, 0.5) is 0 Å². The van der Waals surface area contributed by atoms with Gasteiger partial charge in [-0.1, -0.05) is 69.1 Å². The molecule has 2 rings (SSSR count). The van der Waals surface area contributed by atoms with Gasteiger partial charge in [0.15, 0.2) is 0 Å². The van der Waals surface area contributed by atoms with Crippen molar-refractivity contribution in [3.05, 3.63) is 68.6 Å². The van der Waals surface area contributed by atoms with Crippen molar-refractivity contribution >= 4 is 31.9 Å². The molecule has 1 N–H and O–H groups in total. The second-order valence-electron chi connectivity index (χ2n) is 4.46. The van der Waals surface area contributed by atoms with Crippen molar-refractivity contribution in [2.45, 2.75) is 19.4 Å². The van der Waals surface area contributed by atoms with E-state index in [-0.39, 0.29) is 0 Å². The maximum atomic E-state index is 3.62. The van der Waals surface area contributed by atoms with Crippen molar-refractivity contribution in [2.75, 3.05) is 6.54 Å². The zero-order valence-corrected chi connectivity index (χ0v) is 14.0. The predicted octanol–water partition coefficient (Wildman–Crippen LogP) is 5.10.